The molecule has 0 heterocycles. The second-order valence-electron chi connectivity index (χ2n) is 31.8. The van der Waals surface area contributed by atoms with Gasteiger partial charge in [-0.1, -0.05) is 82.6 Å². The number of rotatable bonds is 10. The van der Waals surface area contributed by atoms with Gasteiger partial charge in [-0.05, 0) is 123 Å². The average molecular weight is 1980 g/mol. The Morgan fingerprint density at radius 2 is 0.434 bits per heavy atom. The quantitative estimate of drug-likeness (QED) is 0.0306. The zero-order valence-electron chi connectivity index (χ0n) is 67.6. The Morgan fingerprint density at radius 1 is 0.225 bits per heavy atom. The van der Waals surface area contributed by atoms with Crippen LogP contribution < -0.4 is 0 Å². The van der Waals surface area contributed by atoms with Crippen LogP contribution in [-0.4, -0.2) is 100 Å². The Bertz CT molecular complexity index is 8750. The summed E-state index contributed by atoms with van der Waals surface area (Å²) in [7, 11) is 0. The number of nitro benzene ring substituents is 2. The van der Waals surface area contributed by atoms with Gasteiger partial charge in [-0.3, -0.25) is 58.6 Å². The van der Waals surface area contributed by atoms with Crippen molar-refractivity contribution in [3.63, 3.8) is 0 Å². The van der Waals surface area contributed by atoms with Crippen molar-refractivity contribution >= 4 is 274 Å². The van der Waals surface area contributed by atoms with Crippen LogP contribution in [0, 0.1) is 47.1 Å². The fourth-order valence-corrected chi connectivity index (χ4v) is 20.8. The van der Waals surface area contributed by atoms with E-state index in [-0.39, 0.29) is 247 Å². The van der Waals surface area contributed by atoms with Crippen molar-refractivity contribution in [2.24, 2.45) is 0 Å². The fourth-order valence-electron chi connectivity index (χ4n) is 20.8. The topological polar surface area (TPSA) is 342 Å². The van der Waals surface area contributed by atoms with Gasteiger partial charge in [0.05, 0.1) is 90.3 Å². The maximum atomic E-state index is 12.7. The van der Waals surface area contributed by atoms with Crippen LogP contribution in [0.3, 0.4) is 0 Å². The molecule has 0 spiro atoms. The molecule has 21 nitrogen and oxygen atoms in total. The molecule has 606 valence electrons. The Morgan fingerprint density at radius 3 is 0.791 bits per heavy atom. The van der Waals surface area contributed by atoms with Gasteiger partial charge >= 0.3 is 0 Å². The van der Waals surface area contributed by atoms with E-state index in [1.54, 1.807) is 86.6 Å². The molecule has 0 saturated carbocycles. The Balaban J connectivity index is 0.000000120. The molecule has 0 atom stereocenters. The number of Topliss-reactive ketones (excluding diaryl/α,β-unsaturated/α-hetero) is 8. The van der Waals surface area contributed by atoms with E-state index in [4.69, 9.17) is 0 Å². The summed E-state index contributed by atoms with van der Waals surface area (Å²) in [6.07, 6.45) is 15.4. The van der Waals surface area contributed by atoms with Crippen LogP contribution in [0.1, 0.15) is 170 Å². The molecular weight excluding hydrogens is 1940 g/mol. The summed E-state index contributed by atoms with van der Waals surface area (Å²) in [5.41, 5.74) is 7.62. The van der Waals surface area contributed by atoms with Gasteiger partial charge in [-0.2, -0.15) is 66.7 Å². The third kappa shape index (κ3) is 12.4. The van der Waals surface area contributed by atoms with Crippen LogP contribution in [0.4, 0.5) is 11.4 Å². The molecule has 0 N–H and O–H groups in total. The predicted molar refractivity (Wildman–Crippen MR) is 473 cm³/mol. The van der Waals surface area contributed by atoms with Gasteiger partial charge in [-0.15, -0.1) is 103 Å². The molecule has 129 heavy (non-hydrogen) atoms. The number of non-ortho nitro benzene ring substituents is 2. The number of aryl methyl sites for hydroxylation is 3. The van der Waals surface area contributed by atoms with E-state index in [0.29, 0.717) is 147 Å². The summed E-state index contributed by atoms with van der Waals surface area (Å²) in [5.74, 6) is -2.16. The third-order valence-electron chi connectivity index (χ3n) is 25.7. The molecule has 0 aromatic heterocycles. The van der Waals surface area contributed by atoms with Crippen LogP contribution in [-0.2, 0) is 164 Å². The minimum atomic E-state index is -0.551. The number of nitrogens with zero attached hydrogens (tertiary/aromatic N) is 2. The molecule has 24 rings (SSSR count). The molecular formula is C104H46N2O19Y4-8. The minimum absolute atomic E-state index is 0. The van der Waals surface area contributed by atoms with Crippen molar-refractivity contribution in [2.75, 3.05) is 0 Å². The molecule has 0 amide bonds. The van der Waals surface area contributed by atoms with Crippen molar-refractivity contribution in [1.29, 1.82) is 0 Å². The van der Waals surface area contributed by atoms with Gasteiger partial charge < -0.3 is 33.6 Å². The first-order valence-electron chi connectivity index (χ1n) is 39.1. The summed E-state index contributed by atoms with van der Waals surface area (Å²) < 4.78 is 0. The summed E-state index contributed by atoms with van der Waals surface area (Å²) in [6.45, 7) is 9.30. The van der Waals surface area contributed by atoms with Gasteiger partial charge in [0, 0.05) is 220 Å². The number of hydrogen-bond acceptors (Lipinski definition) is 19. The van der Waals surface area contributed by atoms with Crippen molar-refractivity contribution in [3.8, 4) is 0 Å². The van der Waals surface area contributed by atoms with E-state index in [1.807, 2.05) is 118 Å². The van der Waals surface area contributed by atoms with Crippen molar-refractivity contribution < 1.29 is 213 Å². The van der Waals surface area contributed by atoms with Gasteiger partial charge in [-0.25, -0.2) is 0 Å². The zero-order valence-corrected chi connectivity index (χ0v) is 78.9. The maximum Gasteiger partial charge on any atom is 0.278 e. The Labute approximate surface area is 826 Å². The smallest absolute Gasteiger partial charge is 0.278 e. The van der Waals surface area contributed by atoms with Crippen LogP contribution in [0.2, 0.25) is 0 Å². The molecule has 4 radical (unpaired) electrons. The number of nitro groups is 2. The predicted octanol–water partition coefficient (Wildman–Crippen LogP) is 19.3. The van der Waals surface area contributed by atoms with Gasteiger partial charge in [0.1, 0.15) is 0 Å². The fraction of sp³-hybridized carbons (Fsp3) is 0.0673. The molecule has 4 aliphatic rings. The number of carbonyl (C=O) groups is 8. The first-order chi connectivity index (χ1) is 60.4. The van der Waals surface area contributed by atoms with E-state index in [9.17, 15) is 92.1 Å². The minimum Gasteiger partial charge on any atom is -0.376 e. The Hall–Kier alpha value is -12.4. The van der Waals surface area contributed by atoms with Crippen molar-refractivity contribution in [1.82, 2.24) is 0 Å². The Kier molecular flexibility index (Phi) is 22.4. The van der Waals surface area contributed by atoms with Crippen LogP contribution >= 0.6 is 0 Å². The van der Waals surface area contributed by atoms with E-state index < -0.39 is 21.4 Å². The summed E-state index contributed by atoms with van der Waals surface area (Å²) in [6, 6.07) is 46.1. The maximum absolute atomic E-state index is 12.7. The number of hydrogen-bond donors (Lipinski definition) is 0. The van der Waals surface area contributed by atoms with Gasteiger partial charge in [0.25, 0.3) is 11.4 Å². The molecule has 20 aromatic rings. The van der Waals surface area contributed by atoms with Gasteiger partial charge in [0.15, 0.2) is 46.3 Å². The summed E-state index contributed by atoms with van der Waals surface area (Å²) in [5, 5.41) is 45.4. The monoisotopic (exact) mass is 1980 g/mol. The standard InChI is InChI=1S/2C26H11NO6.C26H12O4.C26H12O3.4Y/c1-11-6-16-19(30)8-20(31)17-7-18(27(32)33)25-15-5-3-13(10-29)22-12(9-28)2-4-14(23(15)22)21(11)26(25)24(16)17;1-11-6-13(10-29)22-12(9-28)2-3-16-24-18(27(32)33)7-17-20(31)8-19(30)14-4-5-15(21(11)25(16)22)26(24)23(14)17;1-12-8-19-21(30)9-20(29)17-7-6-16-15-4-2-13(10-27)23-14(11-28)3-5-18(24(15)23)22(12)26(16)25(17)19;1-2-13-3-5-15-17-7-9-19-21(28)11-22(29)20-10-8-18(25(17)26(19)20)16-6-4-14(12-27)23(13)24(15)16;;;;/h2*2-7H,8H2,1H3;2-8H,9H2,1H3;3-10H,1,11H2;;;;/q4*-2;;;;. The van der Waals surface area contributed by atoms with Gasteiger partial charge in [0.2, 0.25) is 0 Å². The van der Waals surface area contributed by atoms with E-state index in [1.165, 1.54) is 24.3 Å². The zero-order chi connectivity index (χ0) is 87.0. The number of ketones is 8. The number of carbonyl (C=O) groups excluding carboxylic acids is 15. The molecule has 0 unspecified atom stereocenters. The molecule has 25 heteroatoms. The first kappa shape index (κ1) is 88.6. The largest absolute Gasteiger partial charge is 0.376 e. The van der Waals surface area contributed by atoms with Crippen molar-refractivity contribution in [2.45, 2.75) is 46.5 Å². The normalized spacial score (nSPS) is 13.2. The van der Waals surface area contributed by atoms with E-state index >= 15 is 0 Å². The molecule has 4 aliphatic carbocycles. The first-order valence-corrected chi connectivity index (χ1v) is 39.1. The second kappa shape index (κ2) is 32.7. The molecule has 0 bridgehead atoms. The van der Waals surface area contributed by atoms with Crippen LogP contribution in [0.15, 0.2) is 170 Å². The molecule has 0 saturated heterocycles. The summed E-state index contributed by atoms with van der Waals surface area (Å²) in [4.78, 5) is 206. The van der Waals surface area contributed by atoms with E-state index in [2.05, 4.69) is 12.7 Å². The molecule has 20 aromatic carbocycles. The number of fused-ring (bicyclic) bond motifs is 8. The van der Waals surface area contributed by atoms with E-state index in [0.717, 1.165) is 86.5 Å². The SMILES string of the molecule is C=[C-]c1ccc2c3ccc4c5c(ccc(c6ccc([C-]=O)c1c26)c53)C(=O)CC4=O.Cc1cc([C-]=O)c2c([C-]=O)ccc3c4c([N+](=O)[O-])cc5c6c(ccc(c1c23)c64)C(=O)CC5=O.Cc1cc2c3c(cc([N+](=O)[O-])c4c5ccc([C-]=O)c6c([C-]=O)ccc(c1c34)c65)C(=O)CC2=O.Cc1cc2c3c(ccc4c5ccc([C-]=O)c6c([C-]=O)ccc(c1c34)c65)C(=O)CC2=O.[Y].[Y].[Y].[Y]. The summed E-state index contributed by atoms with van der Waals surface area (Å²) >= 11 is 0. The third-order valence-corrected chi connectivity index (χ3v) is 25.7. The van der Waals surface area contributed by atoms with Crippen LogP contribution in [0.25, 0.3) is 172 Å². The average Bonchev–Trinajstić information content (AvgIpc) is 0.461. The number of benzene rings is 20. The molecule has 0 fully saturated rings. The second-order valence-corrected chi connectivity index (χ2v) is 31.8. The molecule has 0 aliphatic heterocycles. The van der Waals surface area contributed by atoms with Crippen molar-refractivity contribution in [3.05, 3.63) is 302 Å². The van der Waals surface area contributed by atoms with Crippen LogP contribution in [0.5, 0.6) is 0 Å².